The molecule has 1 aromatic carbocycles. The molecular weight excluding hydrogens is 480 g/mol. The van der Waals surface area contributed by atoms with Gasteiger partial charge >= 0.3 is 18.0 Å². The minimum Gasteiger partial charge on any atom is -0.480 e. The monoisotopic (exact) mass is 516 g/mol. The van der Waals surface area contributed by atoms with Crippen LogP contribution in [-0.2, 0) is 9.53 Å². The Morgan fingerprint density at radius 2 is 1.81 bits per heavy atom. The Balaban J connectivity index is 2.07. The van der Waals surface area contributed by atoms with Gasteiger partial charge in [0.2, 0.25) is 0 Å². The predicted octanol–water partition coefficient (Wildman–Crippen LogP) is 5.72. The number of ether oxygens (including phenoxy) is 2. The molecule has 0 saturated heterocycles. The minimum atomic E-state index is -1.14. The molecule has 1 saturated carbocycles. The first kappa shape index (κ1) is 27.5. The van der Waals surface area contributed by atoms with Gasteiger partial charge in [0.25, 0.3) is 0 Å². The topological polar surface area (TPSA) is 105 Å². The number of hydrogen-bond acceptors (Lipinski definition) is 6. The standard InChI is InChI=1S/C27H36N2O6S/c1-16-21(35-14-20(30)31)23(24(32)34-7)36-22(16)17-9-8-10-18(11-17)29(25(33)28-6)19-12-26(2,3)15-27(4,5)13-19/h8-11,19H,12-15H2,1-7H3,(H,28,33)(H,30,31). The maximum atomic E-state index is 13.2. The number of hydrogen-bond donors (Lipinski definition) is 2. The van der Waals surface area contributed by atoms with Crippen LogP contribution in [0.3, 0.4) is 0 Å². The third kappa shape index (κ3) is 6.00. The SMILES string of the molecule is CNC(=O)N(c1cccc(-c2sc(C(=O)OC)c(OCC(=O)O)c2C)c1)C1CC(C)(C)CC(C)(C)C1. The first-order valence-electron chi connectivity index (χ1n) is 12.0. The molecule has 1 aliphatic rings. The summed E-state index contributed by atoms with van der Waals surface area (Å²) in [6.45, 7) is 10.2. The van der Waals surface area contributed by atoms with Crippen LogP contribution in [-0.4, -0.2) is 49.9 Å². The van der Waals surface area contributed by atoms with Crippen molar-refractivity contribution < 1.29 is 29.0 Å². The fourth-order valence-corrected chi connectivity index (χ4v) is 6.86. The average molecular weight is 517 g/mol. The molecule has 1 fully saturated rings. The van der Waals surface area contributed by atoms with Gasteiger partial charge in [-0.1, -0.05) is 39.8 Å². The summed E-state index contributed by atoms with van der Waals surface area (Å²) in [6.07, 6.45) is 2.85. The zero-order valence-electron chi connectivity index (χ0n) is 22.1. The van der Waals surface area contributed by atoms with Crippen molar-refractivity contribution in [1.29, 1.82) is 0 Å². The van der Waals surface area contributed by atoms with Crippen LogP contribution in [0.1, 0.15) is 62.2 Å². The van der Waals surface area contributed by atoms with Gasteiger partial charge in [-0.25, -0.2) is 14.4 Å². The molecule has 0 atom stereocenters. The highest BCUT2D eigenvalue weighted by Crippen LogP contribution is 2.48. The van der Waals surface area contributed by atoms with Gasteiger partial charge < -0.3 is 19.9 Å². The van der Waals surface area contributed by atoms with E-state index < -0.39 is 18.5 Å². The van der Waals surface area contributed by atoms with E-state index in [0.717, 1.165) is 35.4 Å². The van der Waals surface area contributed by atoms with Crippen LogP contribution in [0.25, 0.3) is 10.4 Å². The second-order valence-electron chi connectivity index (χ2n) is 10.9. The number of thiophene rings is 1. The van der Waals surface area contributed by atoms with Gasteiger partial charge in [0.05, 0.1) is 7.11 Å². The fraction of sp³-hybridized carbons (Fsp3) is 0.519. The van der Waals surface area contributed by atoms with Crippen LogP contribution >= 0.6 is 11.3 Å². The van der Waals surface area contributed by atoms with Crippen molar-refractivity contribution in [2.24, 2.45) is 10.8 Å². The van der Waals surface area contributed by atoms with Crippen LogP contribution in [0.2, 0.25) is 0 Å². The molecule has 3 rings (SSSR count). The molecule has 2 amide bonds. The number of nitrogens with one attached hydrogen (secondary N) is 1. The normalized spacial score (nSPS) is 16.8. The number of carboxylic acids is 1. The van der Waals surface area contributed by atoms with E-state index in [1.165, 1.54) is 18.4 Å². The first-order valence-corrected chi connectivity index (χ1v) is 12.8. The zero-order valence-corrected chi connectivity index (χ0v) is 22.9. The lowest BCUT2D eigenvalue weighted by atomic mass is 9.63. The summed E-state index contributed by atoms with van der Waals surface area (Å²) >= 11 is 1.18. The van der Waals surface area contributed by atoms with E-state index in [1.54, 1.807) is 14.0 Å². The van der Waals surface area contributed by atoms with Gasteiger partial charge in [-0.05, 0) is 54.7 Å². The Morgan fingerprint density at radius 3 is 2.36 bits per heavy atom. The Bertz CT molecular complexity index is 1140. The van der Waals surface area contributed by atoms with Gasteiger partial charge in [0.15, 0.2) is 11.5 Å². The smallest absolute Gasteiger partial charge is 0.351 e. The summed E-state index contributed by atoms with van der Waals surface area (Å²) < 4.78 is 10.4. The van der Waals surface area contributed by atoms with Crippen LogP contribution in [0.4, 0.5) is 10.5 Å². The molecule has 0 aliphatic heterocycles. The summed E-state index contributed by atoms with van der Waals surface area (Å²) in [5.74, 6) is -1.53. The molecule has 9 heteroatoms. The van der Waals surface area contributed by atoms with Gasteiger partial charge in [-0.15, -0.1) is 11.3 Å². The number of nitrogens with zero attached hydrogens (tertiary/aromatic N) is 1. The summed E-state index contributed by atoms with van der Waals surface area (Å²) in [4.78, 5) is 39.5. The number of carbonyl (C=O) groups excluding carboxylic acids is 2. The average Bonchev–Trinajstić information content (AvgIpc) is 3.11. The zero-order chi connectivity index (χ0) is 26.8. The third-order valence-electron chi connectivity index (χ3n) is 6.52. The number of aliphatic carboxylic acids is 1. The molecule has 0 radical (unpaired) electrons. The number of anilines is 1. The minimum absolute atomic E-state index is 0.0171. The van der Waals surface area contributed by atoms with E-state index in [0.29, 0.717) is 5.56 Å². The summed E-state index contributed by atoms with van der Waals surface area (Å²) in [5.41, 5.74) is 2.38. The van der Waals surface area contributed by atoms with Crippen LogP contribution in [0.5, 0.6) is 5.75 Å². The van der Waals surface area contributed by atoms with E-state index >= 15 is 0 Å². The fourth-order valence-electron chi connectivity index (χ4n) is 5.69. The molecule has 1 heterocycles. The summed E-state index contributed by atoms with van der Waals surface area (Å²) in [6, 6.07) is 7.48. The molecule has 36 heavy (non-hydrogen) atoms. The first-order chi connectivity index (χ1) is 16.8. The molecule has 2 aromatic rings. The molecule has 0 unspecified atom stereocenters. The van der Waals surface area contributed by atoms with E-state index in [4.69, 9.17) is 14.6 Å². The van der Waals surface area contributed by atoms with Crippen molar-refractivity contribution in [3.05, 3.63) is 34.7 Å². The Labute approximate surface area is 216 Å². The van der Waals surface area contributed by atoms with Crippen molar-refractivity contribution in [1.82, 2.24) is 5.32 Å². The number of carbonyl (C=O) groups is 3. The van der Waals surface area contributed by atoms with Gasteiger partial charge in [0.1, 0.15) is 5.75 Å². The van der Waals surface area contributed by atoms with Crippen LogP contribution in [0.15, 0.2) is 24.3 Å². The molecule has 0 spiro atoms. The van der Waals surface area contributed by atoms with Gasteiger partial charge in [0, 0.05) is 29.2 Å². The van der Waals surface area contributed by atoms with Crippen molar-refractivity contribution >= 4 is 35.0 Å². The number of esters is 1. The van der Waals surface area contributed by atoms with E-state index in [-0.39, 0.29) is 33.5 Å². The third-order valence-corrected chi connectivity index (χ3v) is 7.82. The number of rotatable bonds is 7. The number of carboxylic acid groups (broad SMARTS) is 1. The lowest BCUT2D eigenvalue weighted by molar-refractivity contribution is -0.139. The van der Waals surface area contributed by atoms with E-state index in [9.17, 15) is 14.4 Å². The number of methoxy groups -OCH3 is 1. The molecule has 0 bridgehead atoms. The van der Waals surface area contributed by atoms with Crippen molar-refractivity contribution in [3.63, 3.8) is 0 Å². The number of amides is 2. The maximum absolute atomic E-state index is 13.2. The summed E-state index contributed by atoms with van der Waals surface area (Å²) in [7, 11) is 2.91. The quantitative estimate of drug-likeness (QED) is 0.456. The Kier molecular flexibility index (Phi) is 8.03. The van der Waals surface area contributed by atoms with Crippen molar-refractivity contribution in [3.8, 4) is 16.2 Å². The Hall–Kier alpha value is -3.07. The largest absolute Gasteiger partial charge is 0.480 e. The molecular formula is C27H36N2O6S. The lowest BCUT2D eigenvalue weighted by Crippen LogP contribution is -2.51. The predicted molar refractivity (Wildman–Crippen MR) is 141 cm³/mol. The highest BCUT2D eigenvalue weighted by atomic mass is 32.1. The second-order valence-corrected chi connectivity index (χ2v) is 12.0. The second kappa shape index (κ2) is 10.5. The van der Waals surface area contributed by atoms with Crippen LogP contribution < -0.4 is 15.0 Å². The van der Waals surface area contributed by atoms with Gasteiger partial charge in [-0.3, -0.25) is 4.90 Å². The van der Waals surface area contributed by atoms with Crippen molar-refractivity contribution in [2.45, 2.75) is 59.9 Å². The Morgan fingerprint density at radius 1 is 1.17 bits per heavy atom. The number of urea groups is 1. The van der Waals surface area contributed by atoms with Crippen LogP contribution in [0, 0.1) is 17.8 Å². The molecule has 1 aromatic heterocycles. The molecule has 196 valence electrons. The highest BCUT2D eigenvalue weighted by Gasteiger charge is 2.42. The van der Waals surface area contributed by atoms with Crippen molar-refractivity contribution in [2.75, 3.05) is 25.7 Å². The molecule has 1 aliphatic carbocycles. The van der Waals surface area contributed by atoms with E-state index in [2.05, 4.69) is 33.0 Å². The molecule has 8 nitrogen and oxygen atoms in total. The van der Waals surface area contributed by atoms with E-state index in [1.807, 2.05) is 29.2 Å². The molecule has 2 N–H and O–H groups in total. The lowest BCUT2D eigenvalue weighted by Gasteiger charge is -2.48. The van der Waals surface area contributed by atoms with Gasteiger partial charge in [-0.2, -0.15) is 0 Å². The maximum Gasteiger partial charge on any atom is 0.351 e. The summed E-state index contributed by atoms with van der Waals surface area (Å²) in [5, 5.41) is 11.9. The number of benzene rings is 1. The highest BCUT2D eigenvalue weighted by molar-refractivity contribution is 7.18.